The number of aryl methyl sites for hydroxylation is 1. The van der Waals surface area contributed by atoms with Crippen molar-refractivity contribution in [1.29, 1.82) is 0 Å². The van der Waals surface area contributed by atoms with E-state index in [4.69, 9.17) is 20.8 Å². The predicted octanol–water partition coefficient (Wildman–Crippen LogP) is 7.82. The summed E-state index contributed by atoms with van der Waals surface area (Å²) in [6, 6.07) is 25.9. The van der Waals surface area contributed by atoms with E-state index in [9.17, 15) is 9.59 Å². The number of nitrogens with one attached hydrogen (secondary N) is 1. The Kier molecular flexibility index (Phi) is 10.1. The van der Waals surface area contributed by atoms with Crippen LogP contribution in [0.5, 0.6) is 5.75 Å². The fraction of sp³-hybridized carbons (Fsp3) is 0.118. The molecule has 222 valence electrons. The van der Waals surface area contributed by atoms with Gasteiger partial charge in [0.15, 0.2) is 11.8 Å². The van der Waals surface area contributed by atoms with Gasteiger partial charge < -0.3 is 14.5 Å². The lowest BCUT2D eigenvalue weighted by molar-refractivity contribution is -0.122. The standard InChI is InChI=1S/C34H29ClN4O4S/c1-23-10-13-28(14-11-23)37-32(40)22-43-30-15-12-27(35)18-26(30)19-31-33(41)39(21-29-9-6-16-42-29)34(44-31)38-36-20-24(2)17-25-7-4-3-5-8-25/h3-20H,21-22H2,1-2H3,(H,37,40)/b24-17+,31-19-,36-20-,38-34+. The summed E-state index contributed by atoms with van der Waals surface area (Å²) in [5.41, 5.74) is 4.25. The quantitative estimate of drug-likeness (QED) is 0.110. The van der Waals surface area contributed by atoms with Crippen molar-refractivity contribution < 1.29 is 18.7 Å². The van der Waals surface area contributed by atoms with Crippen LogP contribution in [0.4, 0.5) is 5.69 Å². The van der Waals surface area contributed by atoms with Gasteiger partial charge in [-0.3, -0.25) is 14.5 Å². The Morgan fingerprint density at radius 1 is 1.07 bits per heavy atom. The summed E-state index contributed by atoms with van der Waals surface area (Å²) in [4.78, 5) is 28.0. The first kappa shape index (κ1) is 30.6. The van der Waals surface area contributed by atoms with Crippen LogP contribution in [0.15, 0.2) is 116 Å². The van der Waals surface area contributed by atoms with Crippen molar-refractivity contribution >= 4 is 64.4 Å². The molecule has 0 spiro atoms. The molecule has 0 aliphatic carbocycles. The number of thioether (sulfide) groups is 1. The van der Waals surface area contributed by atoms with Crippen LogP contribution in [0.2, 0.25) is 5.02 Å². The van der Waals surface area contributed by atoms with Crippen molar-refractivity contribution in [2.75, 3.05) is 11.9 Å². The van der Waals surface area contributed by atoms with Crippen LogP contribution >= 0.6 is 23.4 Å². The maximum Gasteiger partial charge on any atom is 0.267 e. The smallest absolute Gasteiger partial charge is 0.267 e. The summed E-state index contributed by atoms with van der Waals surface area (Å²) in [5, 5.41) is 12.3. The van der Waals surface area contributed by atoms with Crippen molar-refractivity contribution in [1.82, 2.24) is 4.90 Å². The third-order valence-electron chi connectivity index (χ3n) is 6.33. The van der Waals surface area contributed by atoms with Crippen molar-refractivity contribution in [2.45, 2.75) is 20.4 Å². The maximum absolute atomic E-state index is 13.6. The lowest BCUT2D eigenvalue weighted by Gasteiger charge is -2.13. The minimum absolute atomic E-state index is 0.182. The number of allylic oxidation sites excluding steroid dienone is 1. The number of carbonyl (C=O) groups is 2. The molecule has 5 rings (SSSR count). The molecule has 8 nitrogen and oxygen atoms in total. The third kappa shape index (κ3) is 8.37. The second kappa shape index (κ2) is 14.5. The molecular weight excluding hydrogens is 596 g/mol. The van der Waals surface area contributed by atoms with E-state index in [2.05, 4.69) is 15.5 Å². The number of hydrogen-bond donors (Lipinski definition) is 1. The SMILES string of the molecule is CC(/C=N\N=C1\S/C(=C\c2cc(Cl)ccc2OCC(=O)Nc2ccc(C)cc2)C(=O)N1Cc1ccco1)=C\c1ccccc1. The average Bonchev–Trinajstić information content (AvgIpc) is 3.63. The van der Waals surface area contributed by atoms with Gasteiger partial charge >= 0.3 is 0 Å². The average molecular weight is 625 g/mol. The molecule has 1 aromatic heterocycles. The lowest BCUT2D eigenvalue weighted by Crippen LogP contribution is -2.28. The number of hydrogen-bond acceptors (Lipinski definition) is 7. The molecule has 3 aromatic carbocycles. The van der Waals surface area contributed by atoms with Crippen LogP contribution in [0.3, 0.4) is 0 Å². The number of nitrogens with zero attached hydrogens (tertiary/aromatic N) is 3. The van der Waals surface area contributed by atoms with Crippen LogP contribution in [-0.2, 0) is 16.1 Å². The highest BCUT2D eigenvalue weighted by Crippen LogP contribution is 2.36. The fourth-order valence-corrected chi connectivity index (χ4v) is 5.29. The van der Waals surface area contributed by atoms with Crippen molar-refractivity contribution in [3.8, 4) is 5.75 Å². The molecule has 1 aliphatic heterocycles. The Hall–Kier alpha value is -4.86. The summed E-state index contributed by atoms with van der Waals surface area (Å²) in [7, 11) is 0. The highest BCUT2D eigenvalue weighted by atomic mass is 35.5. The van der Waals surface area contributed by atoms with Gasteiger partial charge in [0.05, 0.1) is 23.9 Å². The summed E-state index contributed by atoms with van der Waals surface area (Å²) in [6.45, 7) is 3.86. The van der Waals surface area contributed by atoms with E-state index < -0.39 is 0 Å². The van der Waals surface area contributed by atoms with E-state index in [0.717, 1.165) is 16.7 Å². The Bertz CT molecular complexity index is 1750. The number of rotatable bonds is 10. The lowest BCUT2D eigenvalue weighted by atomic mass is 10.1. The Balaban J connectivity index is 1.35. The molecule has 44 heavy (non-hydrogen) atoms. The Labute approximate surface area is 264 Å². The number of ether oxygens (including phenoxy) is 1. The number of furan rings is 1. The molecule has 0 radical (unpaired) electrons. The van der Waals surface area contributed by atoms with Crippen LogP contribution in [0.1, 0.15) is 29.4 Å². The van der Waals surface area contributed by atoms with Crippen molar-refractivity contribution in [3.63, 3.8) is 0 Å². The van der Waals surface area contributed by atoms with Gasteiger partial charge in [-0.15, -0.1) is 5.10 Å². The van der Waals surface area contributed by atoms with Crippen LogP contribution in [0, 0.1) is 6.92 Å². The van der Waals surface area contributed by atoms with Gasteiger partial charge in [0, 0.05) is 16.3 Å². The molecule has 0 unspecified atom stereocenters. The van der Waals surface area contributed by atoms with E-state index in [0.29, 0.717) is 37.9 Å². The van der Waals surface area contributed by atoms with E-state index in [-0.39, 0.29) is 25.0 Å². The molecule has 4 aromatic rings. The third-order valence-corrected chi connectivity index (χ3v) is 7.57. The Morgan fingerprint density at radius 3 is 2.61 bits per heavy atom. The molecule has 1 fully saturated rings. The van der Waals surface area contributed by atoms with Crippen molar-refractivity contribution in [2.24, 2.45) is 10.2 Å². The highest BCUT2D eigenvalue weighted by molar-refractivity contribution is 8.18. The van der Waals surface area contributed by atoms with E-state index in [1.807, 2.05) is 74.5 Å². The number of amides is 2. The maximum atomic E-state index is 13.6. The molecule has 2 amide bonds. The van der Waals surface area contributed by atoms with Gasteiger partial charge in [-0.05, 0) is 85.3 Å². The highest BCUT2D eigenvalue weighted by Gasteiger charge is 2.34. The summed E-state index contributed by atoms with van der Waals surface area (Å²) in [5.74, 6) is 0.405. The van der Waals surface area contributed by atoms with Crippen molar-refractivity contribution in [3.05, 3.63) is 129 Å². The van der Waals surface area contributed by atoms with Gasteiger partial charge in [-0.2, -0.15) is 5.10 Å². The normalized spacial score (nSPS) is 15.5. The van der Waals surface area contributed by atoms with Gasteiger partial charge in [0.1, 0.15) is 11.5 Å². The zero-order valence-electron chi connectivity index (χ0n) is 24.1. The zero-order chi connectivity index (χ0) is 30.9. The fourth-order valence-electron chi connectivity index (χ4n) is 4.18. The number of anilines is 1. The van der Waals surface area contributed by atoms with Crippen LogP contribution in [0.25, 0.3) is 12.2 Å². The van der Waals surface area contributed by atoms with E-state index >= 15 is 0 Å². The summed E-state index contributed by atoms with van der Waals surface area (Å²) < 4.78 is 11.3. The monoisotopic (exact) mass is 624 g/mol. The first-order valence-electron chi connectivity index (χ1n) is 13.7. The van der Waals surface area contributed by atoms with Crippen LogP contribution in [-0.4, -0.2) is 34.7 Å². The van der Waals surface area contributed by atoms with E-state index in [1.54, 1.807) is 48.9 Å². The summed E-state index contributed by atoms with van der Waals surface area (Å²) in [6.07, 6.45) is 6.86. The van der Waals surface area contributed by atoms with Gasteiger partial charge in [-0.25, -0.2) is 0 Å². The first-order valence-corrected chi connectivity index (χ1v) is 14.9. The molecule has 1 N–H and O–H groups in total. The topological polar surface area (TPSA) is 96.5 Å². The van der Waals surface area contributed by atoms with E-state index in [1.165, 1.54) is 16.7 Å². The number of carbonyl (C=O) groups excluding carboxylic acids is 2. The van der Waals surface area contributed by atoms with Gasteiger partial charge in [0.25, 0.3) is 11.8 Å². The second-order valence-electron chi connectivity index (χ2n) is 9.89. The Morgan fingerprint density at radius 2 is 1.86 bits per heavy atom. The van der Waals surface area contributed by atoms with Crippen LogP contribution < -0.4 is 10.1 Å². The molecular formula is C34H29ClN4O4S. The molecule has 0 bridgehead atoms. The molecule has 2 heterocycles. The number of halogens is 1. The summed E-state index contributed by atoms with van der Waals surface area (Å²) >= 11 is 7.48. The zero-order valence-corrected chi connectivity index (χ0v) is 25.6. The molecule has 1 saturated heterocycles. The first-order chi connectivity index (χ1) is 21.3. The molecule has 0 saturated carbocycles. The molecule has 10 heteroatoms. The molecule has 0 atom stereocenters. The minimum Gasteiger partial charge on any atom is -0.483 e. The second-order valence-corrected chi connectivity index (χ2v) is 11.3. The predicted molar refractivity (Wildman–Crippen MR) is 178 cm³/mol. The molecule has 1 aliphatic rings. The number of amidine groups is 1. The van der Waals surface area contributed by atoms with Gasteiger partial charge in [0.2, 0.25) is 0 Å². The van der Waals surface area contributed by atoms with Gasteiger partial charge in [-0.1, -0.05) is 65.7 Å². The number of benzene rings is 3. The largest absolute Gasteiger partial charge is 0.483 e. The minimum atomic E-state index is -0.317.